The fraction of sp³-hybridized carbons (Fsp3) is 0.500. The topological polar surface area (TPSA) is 0 Å². The van der Waals surface area contributed by atoms with Crippen LogP contribution >= 0.6 is 11.8 Å². The largest absolute Gasteiger partial charge is 0.123 e. The SMILES string of the molecule is Cc1ccc(SC2CCC2)cc1C. The number of hydrogen-bond donors (Lipinski definition) is 0. The van der Waals surface area contributed by atoms with Gasteiger partial charge in [0.2, 0.25) is 0 Å². The van der Waals surface area contributed by atoms with Crippen LogP contribution in [-0.4, -0.2) is 5.25 Å². The molecule has 0 spiro atoms. The second-order valence-corrected chi connectivity index (χ2v) is 5.29. The molecule has 1 heteroatoms. The van der Waals surface area contributed by atoms with Crippen molar-refractivity contribution in [2.45, 2.75) is 43.3 Å². The van der Waals surface area contributed by atoms with Crippen molar-refractivity contribution in [3.63, 3.8) is 0 Å². The zero-order valence-corrected chi connectivity index (χ0v) is 9.16. The highest BCUT2D eigenvalue weighted by atomic mass is 32.2. The van der Waals surface area contributed by atoms with E-state index < -0.39 is 0 Å². The first-order valence-electron chi connectivity index (χ1n) is 4.99. The van der Waals surface area contributed by atoms with Gasteiger partial charge < -0.3 is 0 Å². The van der Waals surface area contributed by atoms with Gasteiger partial charge in [-0.25, -0.2) is 0 Å². The number of thioether (sulfide) groups is 1. The van der Waals surface area contributed by atoms with Crippen molar-refractivity contribution >= 4 is 11.8 Å². The summed E-state index contributed by atoms with van der Waals surface area (Å²) in [6, 6.07) is 6.81. The van der Waals surface area contributed by atoms with Crippen molar-refractivity contribution in [1.82, 2.24) is 0 Å². The maximum absolute atomic E-state index is 2.32. The van der Waals surface area contributed by atoms with Crippen molar-refractivity contribution in [1.29, 1.82) is 0 Å². The summed E-state index contributed by atoms with van der Waals surface area (Å²) in [6.07, 6.45) is 4.26. The van der Waals surface area contributed by atoms with E-state index in [4.69, 9.17) is 0 Å². The van der Waals surface area contributed by atoms with Gasteiger partial charge in [-0.05, 0) is 49.9 Å². The Morgan fingerprint density at radius 2 is 1.92 bits per heavy atom. The van der Waals surface area contributed by atoms with Crippen LogP contribution in [0, 0.1) is 13.8 Å². The van der Waals surface area contributed by atoms with Gasteiger partial charge in [-0.1, -0.05) is 12.5 Å². The van der Waals surface area contributed by atoms with Crippen molar-refractivity contribution in [2.24, 2.45) is 0 Å². The summed E-state index contributed by atoms with van der Waals surface area (Å²) in [7, 11) is 0. The monoisotopic (exact) mass is 192 g/mol. The zero-order chi connectivity index (χ0) is 9.26. The molecule has 0 radical (unpaired) electrons. The van der Waals surface area contributed by atoms with Gasteiger partial charge in [-0.3, -0.25) is 0 Å². The predicted molar refractivity (Wildman–Crippen MR) is 59.4 cm³/mol. The lowest BCUT2D eigenvalue weighted by atomic mass is 10.00. The van der Waals surface area contributed by atoms with Crippen molar-refractivity contribution in [2.75, 3.05) is 0 Å². The normalized spacial score (nSPS) is 17.1. The quantitative estimate of drug-likeness (QED) is 0.683. The summed E-state index contributed by atoms with van der Waals surface area (Å²) in [5.74, 6) is 0. The highest BCUT2D eigenvalue weighted by Gasteiger charge is 2.18. The van der Waals surface area contributed by atoms with Gasteiger partial charge in [-0.2, -0.15) is 0 Å². The molecule has 1 fully saturated rings. The Kier molecular flexibility index (Phi) is 2.63. The molecule has 2 rings (SSSR count). The Morgan fingerprint density at radius 1 is 1.15 bits per heavy atom. The van der Waals surface area contributed by atoms with E-state index in [9.17, 15) is 0 Å². The molecule has 0 bridgehead atoms. The van der Waals surface area contributed by atoms with Crippen LogP contribution in [0.25, 0.3) is 0 Å². The first kappa shape index (κ1) is 9.14. The Hall–Kier alpha value is -0.430. The highest BCUT2D eigenvalue weighted by Crippen LogP contribution is 2.36. The first-order chi connectivity index (χ1) is 6.25. The molecule has 0 heterocycles. The van der Waals surface area contributed by atoms with E-state index in [0.29, 0.717) is 0 Å². The fourth-order valence-electron chi connectivity index (χ4n) is 1.47. The summed E-state index contributed by atoms with van der Waals surface area (Å²) >= 11 is 2.05. The maximum atomic E-state index is 2.32. The third-order valence-corrected chi connectivity index (χ3v) is 4.16. The van der Waals surface area contributed by atoms with Crippen LogP contribution in [0.15, 0.2) is 23.1 Å². The zero-order valence-electron chi connectivity index (χ0n) is 8.34. The molecule has 1 aromatic rings. The van der Waals surface area contributed by atoms with E-state index in [-0.39, 0.29) is 0 Å². The molecule has 0 aliphatic heterocycles. The van der Waals surface area contributed by atoms with Gasteiger partial charge in [0.15, 0.2) is 0 Å². The average molecular weight is 192 g/mol. The lowest BCUT2D eigenvalue weighted by Crippen LogP contribution is -2.12. The Balaban J connectivity index is 2.07. The van der Waals surface area contributed by atoms with Gasteiger partial charge in [0.05, 0.1) is 0 Å². The molecule has 1 aromatic carbocycles. The second kappa shape index (κ2) is 3.75. The molecule has 13 heavy (non-hydrogen) atoms. The van der Waals surface area contributed by atoms with Crippen molar-refractivity contribution in [3.05, 3.63) is 29.3 Å². The summed E-state index contributed by atoms with van der Waals surface area (Å²) < 4.78 is 0. The van der Waals surface area contributed by atoms with Gasteiger partial charge >= 0.3 is 0 Å². The predicted octanol–water partition coefficient (Wildman–Crippen LogP) is 3.95. The molecule has 1 aliphatic rings. The molecule has 70 valence electrons. The van der Waals surface area contributed by atoms with Crippen LogP contribution in [0.1, 0.15) is 30.4 Å². The van der Waals surface area contributed by atoms with Crippen LogP contribution < -0.4 is 0 Å². The van der Waals surface area contributed by atoms with Crippen LogP contribution in [0.4, 0.5) is 0 Å². The Morgan fingerprint density at radius 3 is 2.46 bits per heavy atom. The van der Waals surface area contributed by atoms with Gasteiger partial charge in [0, 0.05) is 10.1 Å². The Bertz CT molecular complexity index is 300. The second-order valence-electron chi connectivity index (χ2n) is 3.92. The van der Waals surface area contributed by atoms with Crippen LogP contribution in [0.5, 0.6) is 0 Å². The van der Waals surface area contributed by atoms with E-state index >= 15 is 0 Å². The summed E-state index contributed by atoms with van der Waals surface area (Å²) in [4.78, 5) is 1.45. The standard InChI is InChI=1S/C12H16S/c1-9-6-7-12(8-10(9)2)13-11-4-3-5-11/h6-8,11H,3-5H2,1-2H3. The number of hydrogen-bond acceptors (Lipinski definition) is 1. The third-order valence-electron chi connectivity index (χ3n) is 2.83. The van der Waals surface area contributed by atoms with Crippen molar-refractivity contribution in [3.8, 4) is 0 Å². The smallest absolute Gasteiger partial charge is 0.00944 e. The molecule has 0 atom stereocenters. The first-order valence-corrected chi connectivity index (χ1v) is 5.87. The van der Waals surface area contributed by atoms with Gasteiger partial charge in [0.1, 0.15) is 0 Å². The van der Waals surface area contributed by atoms with E-state index in [1.165, 1.54) is 35.3 Å². The maximum Gasteiger partial charge on any atom is 0.00944 e. The molecule has 1 saturated carbocycles. The summed E-state index contributed by atoms with van der Waals surface area (Å²) in [6.45, 7) is 4.37. The highest BCUT2D eigenvalue weighted by molar-refractivity contribution is 8.00. The minimum absolute atomic E-state index is 0.905. The number of aryl methyl sites for hydroxylation is 2. The Labute approximate surface area is 84.7 Å². The molecule has 0 unspecified atom stereocenters. The molecule has 1 aliphatic carbocycles. The van der Waals surface area contributed by atoms with E-state index in [0.717, 1.165) is 5.25 Å². The number of benzene rings is 1. The van der Waals surface area contributed by atoms with Crippen LogP contribution in [-0.2, 0) is 0 Å². The van der Waals surface area contributed by atoms with Crippen LogP contribution in [0.3, 0.4) is 0 Å². The van der Waals surface area contributed by atoms with E-state index in [2.05, 4.69) is 43.8 Å². The molecule has 0 saturated heterocycles. The minimum atomic E-state index is 0.905. The van der Waals surface area contributed by atoms with Crippen molar-refractivity contribution < 1.29 is 0 Å². The molecule has 0 N–H and O–H groups in total. The minimum Gasteiger partial charge on any atom is -0.123 e. The number of rotatable bonds is 2. The summed E-state index contributed by atoms with van der Waals surface area (Å²) in [5, 5.41) is 0.905. The molecular formula is C12H16S. The average Bonchev–Trinajstić information content (AvgIpc) is 2.04. The third kappa shape index (κ3) is 2.08. The van der Waals surface area contributed by atoms with E-state index in [1.54, 1.807) is 0 Å². The summed E-state index contributed by atoms with van der Waals surface area (Å²) in [5.41, 5.74) is 2.82. The lowest BCUT2D eigenvalue weighted by Gasteiger charge is -2.24. The molecule has 0 aromatic heterocycles. The van der Waals surface area contributed by atoms with E-state index in [1.807, 2.05) is 0 Å². The van der Waals surface area contributed by atoms with Crippen LogP contribution in [0.2, 0.25) is 0 Å². The molecule has 0 amide bonds. The molecular weight excluding hydrogens is 176 g/mol. The van der Waals surface area contributed by atoms with Gasteiger partial charge in [-0.15, -0.1) is 11.8 Å². The van der Waals surface area contributed by atoms with Gasteiger partial charge in [0.25, 0.3) is 0 Å². The lowest BCUT2D eigenvalue weighted by molar-refractivity contribution is 0.522. The molecule has 0 nitrogen and oxygen atoms in total. The fourth-order valence-corrected chi connectivity index (χ4v) is 2.81.